The predicted octanol–water partition coefficient (Wildman–Crippen LogP) is 3.76. The molecule has 0 heterocycles. The van der Waals surface area contributed by atoms with E-state index in [9.17, 15) is 5.11 Å². The second-order valence-electron chi connectivity index (χ2n) is 5.84. The zero-order valence-electron chi connectivity index (χ0n) is 12.3. The third-order valence-electron chi connectivity index (χ3n) is 4.16. The van der Waals surface area contributed by atoms with Gasteiger partial charge in [0, 0.05) is 6.54 Å². The highest BCUT2D eigenvalue weighted by atomic mass is 35.5. The average Bonchev–Trinajstić information content (AvgIpc) is 2.84. The van der Waals surface area contributed by atoms with Gasteiger partial charge in [0.2, 0.25) is 0 Å². The minimum absolute atomic E-state index is 0.177. The highest BCUT2D eigenvalue weighted by Crippen LogP contribution is 2.32. The number of ether oxygens (including phenoxy) is 1. The monoisotopic (exact) mass is 331 g/mol. The summed E-state index contributed by atoms with van der Waals surface area (Å²) in [5.74, 6) is 1.95. The molecular weight excluding hydrogens is 309 g/mol. The third-order valence-corrected chi connectivity index (χ3v) is 4.76. The molecule has 2 N–H and O–H groups in total. The summed E-state index contributed by atoms with van der Waals surface area (Å²) in [7, 11) is 0. The second kappa shape index (κ2) is 8.23. The van der Waals surface area contributed by atoms with Crippen LogP contribution in [0.4, 0.5) is 0 Å². The number of aliphatic hydroxyl groups is 1. The molecule has 3 atom stereocenters. The van der Waals surface area contributed by atoms with Crippen molar-refractivity contribution >= 4 is 23.2 Å². The number of para-hydroxylation sites is 1. The van der Waals surface area contributed by atoms with Crippen LogP contribution in [0.5, 0.6) is 5.75 Å². The van der Waals surface area contributed by atoms with Gasteiger partial charge in [0.15, 0.2) is 5.75 Å². The fourth-order valence-corrected chi connectivity index (χ4v) is 3.33. The van der Waals surface area contributed by atoms with Crippen molar-refractivity contribution in [3.8, 4) is 5.75 Å². The zero-order chi connectivity index (χ0) is 15.2. The SMILES string of the molecule is CC1CCCC1CNCC(O)COc1c(Cl)cccc1Cl. The summed E-state index contributed by atoms with van der Waals surface area (Å²) >= 11 is 12.0. The van der Waals surface area contributed by atoms with E-state index in [1.807, 2.05) is 0 Å². The van der Waals surface area contributed by atoms with Gasteiger partial charge in [-0.05, 0) is 36.9 Å². The van der Waals surface area contributed by atoms with E-state index in [0.29, 0.717) is 22.3 Å². The minimum atomic E-state index is -0.575. The van der Waals surface area contributed by atoms with E-state index in [-0.39, 0.29) is 6.61 Å². The molecule has 1 aliphatic rings. The topological polar surface area (TPSA) is 41.5 Å². The lowest BCUT2D eigenvalue weighted by molar-refractivity contribution is 0.105. The van der Waals surface area contributed by atoms with Gasteiger partial charge in [-0.2, -0.15) is 0 Å². The number of hydrogen-bond donors (Lipinski definition) is 2. The molecule has 0 amide bonds. The van der Waals surface area contributed by atoms with E-state index in [2.05, 4.69) is 12.2 Å². The van der Waals surface area contributed by atoms with Crippen LogP contribution in [0, 0.1) is 11.8 Å². The second-order valence-corrected chi connectivity index (χ2v) is 6.66. The van der Waals surface area contributed by atoms with Gasteiger partial charge in [-0.3, -0.25) is 0 Å². The molecule has 2 rings (SSSR count). The van der Waals surface area contributed by atoms with Crippen LogP contribution >= 0.6 is 23.2 Å². The molecule has 1 aromatic rings. The van der Waals surface area contributed by atoms with Crippen molar-refractivity contribution in [3.05, 3.63) is 28.2 Å². The fourth-order valence-electron chi connectivity index (χ4n) is 2.82. The molecule has 1 aromatic carbocycles. The Morgan fingerprint density at radius 3 is 2.67 bits per heavy atom. The normalized spacial score (nSPS) is 23.2. The molecule has 1 aliphatic carbocycles. The molecule has 1 saturated carbocycles. The number of hydrogen-bond acceptors (Lipinski definition) is 3. The van der Waals surface area contributed by atoms with Gasteiger partial charge < -0.3 is 15.2 Å². The molecular formula is C16H23Cl2NO2. The van der Waals surface area contributed by atoms with E-state index in [4.69, 9.17) is 27.9 Å². The molecule has 0 bridgehead atoms. The maximum absolute atomic E-state index is 9.96. The van der Waals surface area contributed by atoms with Crippen LogP contribution < -0.4 is 10.1 Å². The summed E-state index contributed by atoms with van der Waals surface area (Å²) in [5.41, 5.74) is 0. The van der Waals surface area contributed by atoms with E-state index in [1.54, 1.807) is 18.2 Å². The zero-order valence-corrected chi connectivity index (χ0v) is 13.8. The van der Waals surface area contributed by atoms with Crippen LogP contribution in [0.25, 0.3) is 0 Å². The molecule has 118 valence electrons. The van der Waals surface area contributed by atoms with Crippen LogP contribution in [0.1, 0.15) is 26.2 Å². The maximum atomic E-state index is 9.96. The lowest BCUT2D eigenvalue weighted by atomic mass is 9.98. The fraction of sp³-hybridized carbons (Fsp3) is 0.625. The highest BCUT2D eigenvalue weighted by molar-refractivity contribution is 6.37. The van der Waals surface area contributed by atoms with Crippen molar-refractivity contribution in [2.24, 2.45) is 11.8 Å². The first-order valence-corrected chi connectivity index (χ1v) is 8.29. The third kappa shape index (κ3) is 5.03. The van der Waals surface area contributed by atoms with Gasteiger partial charge >= 0.3 is 0 Å². The quantitative estimate of drug-likeness (QED) is 0.799. The van der Waals surface area contributed by atoms with Gasteiger partial charge in [-0.15, -0.1) is 0 Å². The predicted molar refractivity (Wildman–Crippen MR) is 87.3 cm³/mol. The van der Waals surface area contributed by atoms with Crippen LogP contribution in [0.15, 0.2) is 18.2 Å². The lowest BCUT2D eigenvalue weighted by Crippen LogP contribution is -2.34. The van der Waals surface area contributed by atoms with Gasteiger partial charge in [0.25, 0.3) is 0 Å². The Morgan fingerprint density at radius 2 is 2.05 bits per heavy atom. The molecule has 1 fully saturated rings. The highest BCUT2D eigenvalue weighted by Gasteiger charge is 2.22. The van der Waals surface area contributed by atoms with Crippen LogP contribution in [-0.2, 0) is 0 Å². The Morgan fingerprint density at radius 1 is 1.33 bits per heavy atom. The van der Waals surface area contributed by atoms with Crippen molar-refractivity contribution in [3.63, 3.8) is 0 Å². The number of aliphatic hydroxyl groups excluding tert-OH is 1. The van der Waals surface area contributed by atoms with Crippen LogP contribution in [0.3, 0.4) is 0 Å². The molecule has 21 heavy (non-hydrogen) atoms. The summed E-state index contributed by atoms with van der Waals surface area (Å²) in [6, 6.07) is 5.20. The van der Waals surface area contributed by atoms with Gasteiger partial charge in [-0.1, -0.05) is 49.0 Å². The lowest BCUT2D eigenvalue weighted by Gasteiger charge is -2.18. The smallest absolute Gasteiger partial charge is 0.156 e. The van der Waals surface area contributed by atoms with Gasteiger partial charge in [-0.25, -0.2) is 0 Å². The van der Waals surface area contributed by atoms with Gasteiger partial charge in [0.1, 0.15) is 12.7 Å². The van der Waals surface area contributed by atoms with Crippen LogP contribution in [0.2, 0.25) is 10.0 Å². The largest absolute Gasteiger partial charge is 0.488 e. The Bertz CT molecular complexity index is 436. The number of benzene rings is 1. The van der Waals surface area contributed by atoms with Crippen molar-refractivity contribution in [2.75, 3.05) is 19.7 Å². The first-order valence-electron chi connectivity index (χ1n) is 7.53. The number of halogens is 2. The summed E-state index contributed by atoms with van der Waals surface area (Å²) in [6.45, 7) is 3.96. The molecule has 0 saturated heterocycles. The summed E-state index contributed by atoms with van der Waals surface area (Å²) in [6.07, 6.45) is 3.36. The standard InChI is InChI=1S/C16H23Cl2NO2/c1-11-4-2-5-12(11)8-19-9-13(20)10-21-16-14(17)6-3-7-15(16)18/h3,6-7,11-13,19-20H,2,4-5,8-10H2,1H3. The van der Waals surface area contributed by atoms with E-state index < -0.39 is 6.10 Å². The first-order chi connectivity index (χ1) is 10.1. The molecule has 0 radical (unpaired) electrons. The van der Waals surface area contributed by atoms with E-state index in [0.717, 1.165) is 18.4 Å². The summed E-state index contributed by atoms with van der Waals surface area (Å²) in [4.78, 5) is 0. The van der Waals surface area contributed by atoms with E-state index >= 15 is 0 Å². The van der Waals surface area contributed by atoms with Crippen molar-refractivity contribution in [1.29, 1.82) is 0 Å². The average molecular weight is 332 g/mol. The molecule has 0 aliphatic heterocycles. The maximum Gasteiger partial charge on any atom is 0.156 e. The Labute approximate surface area is 136 Å². The van der Waals surface area contributed by atoms with Crippen molar-refractivity contribution in [2.45, 2.75) is 32.3 Å². The molecule has 5 heteroatoms. The number of nitrogens with one attached hydrogen (secondary N) is 1. The van der Waals surface area contributed by atoms with Gasteiger partial charge in [0.05, 0.1) is 10.0 Å². The molecule has 3 nitrogen and oxygen atoms in total. The first kappa shape index (κ1) is 16.9. The molecule has 0 spiro atoms. The summed E-state index contributed by atoms with van der Waals surface area (Å²) < 4.78 is 5.52. The summed E-state index contributed by atoms with van der Waals surface area (Å²) in [5, 5.41) is 14.2. The Hall–Kier alpha value is -0.480. The minimum Gasteiger partial charge on any atom is -0.488 e. The molecule has 3 unspecified atom stereocenters. The van der Waals surface area contributed by atoms with E-state index in [1.165, 1.54) is 19.3 Å². The molecule has 0 aromatic heterocycles. The van der Waals surface area contributed by atoms with Crippen LogP contribution in [-0.4, -0.2) is 30.9 Å². The Kier molecular flexibility index (Phi) is 6.62. The number of rotatable bonds is 7. The van der Waals surface area contributed by atoms with Crippen molar-refractivity contribution < 1.29 is 9.84 Å². The Balaban J connectivity index is 1.69. The van der Waals surface area contributed by atoms with Crippen molar-refractivity contribution in [1.82, 2.24) is 5.32 Å².